The Balaban J connectivity index is 1.96. The second-order valence-electron chi connectivity index (χ2n) is 4.07. The lowest BCUT2D eigenvalue weighted by molar-refractivity contribution is -0.111. The van der Waals surface area contributed by atoms with E-state index in [4.69, 9.17) is 4.42 Å². The van der Waals surface area contributed by atoms with Crippen LogP contribution in [-0.4, -0.2) is 13.0 Å². The first kappa shape index (κ1) is 13.1. The highest BCUT2D eigenvalue weighted by Gasteiger charge is 1.99. The molecule has 2 aromatic rings. The van der Waals surface area contributed by atoms with E-state index >= 15 is 0 Å². The standard InChI is InChI=1S/C15H16N2O2/c1-16-11-12-4-2-5-13(10-12)17-15(18)8-7-14-6-3-9-19-14/h2-10,16H,11H2,1H3,(H,17,18)/b8-7+. The summed E-state index contributed by atoms with van der Waals surface area (Å²) in [5.41, 5.74) is 1.90. The number of nitrogens with one attached hydrogen (secondary N) is 2. The van der Waals surface area contributed by atoms with Crippen molar-refractivity contribution in [1.82, 2.24) is 5.32 Å². The predicted molar refractivity (Wildman–Crippen MR) is 75.6 cm³/mol. The van der Waals surface area contributed by atoms with Crippen LogP contribution in [0.4, 0.5) is 5.69 Å². The van der Waals surface area contributed by atoms with Crippen molar-refractivity contribution in [1.29, 1.82) is 0 Å². The van der Waals surface area contributed by atoms with Gasteiger partial charge in [-0.05, 0) is 43.0 Å². The van der Waals surface area contributed by atoms with Crippen LogP contribution < -0.4 is 10.6 Å². The number of carbonyl (C=O) groups is 1. The highest BCUT2D eigenvalue weighted by Crippen LogP contribution is 2.11. The highest BCUT2D eigenvalue weighted by molar-refractivity contribution is 6.01. The van der Waals surface area contributed by atoms with Gasteiger partial charge >= 0.3 is 0 Å². The average molecular weight is 256 g/mol. The normalized spacial score (nSPS) is 10.8. The number of hydrogen-bond acceptors (Lipinski definition) is 3. The van der Waals surface area contributed by atoms with Gasteiger partial charge in [-0.25, -0.2) is 0 Å². The smallest absolute Gasteiger partial charge is 0.248 e. The third-order valence-corrected chi connectivity index (χ3v) is 2.52. The zero-order valence-electron chi connectivity index (χ0n) is 10.7. The van der Waals surface area contributed by atoms with Crippen molar-refractivity contribution in [3.63, 3.8) is 0 Å². The van der Waals surface area contributed by atoms with Crippen molar-refractivity contribution in [2.75, 3.05) is 12.4 Å². The maximum atomic E-state index is 11.7. The van der Waals surface area contributed by atoms with Crippen LogP contribution >= 0.6 is 0 Å². The van der Waals surface area contributed by atoms with Gasteiger partial charge in [0.05, 0.1) is 6.26 Å². The van der Waals surface area contributed by atoms with Gasteiger partial charge in [-0.2, -0.15) is 0 Å². The van der Waals surface area contributed by atoms with Crippen LogP contribution in [0, 0.1) is 0 Å². The van der Waals surface area contributed by atoms with Crippen molar-refractivity contribution in [3.8, 4) is 0 Å². The van der Waals surface area contributed by atoms with E-state index in [-0.39, 0.29) is 5.91 Å². The molecule has 0 bridgehead atoms. The van der Waals surface area contributed by atoms with E-state index in [1.54, 1.807) is 24.5 Å². The molecule has 0 saturated heterocycles. The fourth-order valence-corrected chi connectivity index (χ4v) is 1.69. The number of benzene rings is 1. The molecule has 0 aliphatic carbocycles. The molecule has 0 atom stereocenters. The molecule has 98 valence electrons. The van der Waals surface area contributed by atoms with E-state index in [1.165, 1.54) is 6.08 Å². The molecular weight excluding hydrogens is 240 g/mol. The van der Waals surface area contributed by atoms with Crippen LogP contribution in [0.3, 0.4) is 0 Å². The topological polar surface area (TPSA) is 54.3 Å². The number of anilines is 1. The number of amides is 1. The van der Waals surface area contributed by atoms with Gasteiger partial charge in [0, 0.05) is 18.3 Å². The second kappa shape index (κ2) is 6.56. The summed E-state index contributed by atoms with van der Waals surface area (Å²) in [7, 11) is 1.89. The largest absolute Gasteiger partial charge is 0.465 e. The Bertz CT molecular complexity index is 559. The Kier molecular flexibility index (Phi) is 4.53. The van der Waals surface area contributed by atoms with Crippen LogP contribution in [0.15, 0.2) is 53.2 Å². The summed E-state index contributed by atoms with van der Waals surface area (Å²) in [6.07, 6.45) is 4.65. The van der Waals surface area contributed by atoms with E-state index in [1.807, 2.05) is 31.3 Å². The molecule has 0 aliphatic rings. The summed E-state index contributed by atoms with van der Waals surface area (Å²) in [5.74, 6) is 0.470. The Morgan fingerprint density at radius 3 is 2.95 bits per heavy atom. The van der Waals surface area contributed by atoms with Gasteiger partial charge in [-0.1, -0.05) is 12.1 Å². The van der Waals surface area contributed by atoms with Crippen molar-refractivity contribution in [2.45, 2.75) is 6.54 Å². The molecule has 4 heteroatoms. The number of carbonyl (C=O) groups excluding carboxylic acids is 1. The van der Waals surface area contributed by atoms with Crippen molar-refractivity contribution in [2.24, 2.45) is 0 Å². The Morgan fingerprint density at radius 1 is 1.32 bits per heavy atom. The third kappa shape index (κ3) is 4.12. The minimum Gasteiger partial charge on any atom is -0.465 e. The summed E-state index contributed by atoms with van der Waals surface area (Å²) in [6.45, 7) is 0.770. The number of hydrogen-bond donors (Lipinski definition) is 2. The zero-order valence-corrected chi connectivity index (χ0v) is 10.7. The maximum absolute atomic E-state index is 11.7. The van der Waals surface area contributed by atoms with Crippen LogP contribution in [0.25, 0.3) is 6.08 Å². The van der Waals surface area contributed by atoms with E-state index in [0.717, 1.165) is 17.8 Å². The molecular formula is C15H16N2O2. The summed E-state index contributed by atoms with van der Waals surface area (Å²) in [5, 5.41) is 5.88. The van der Waals surface area contributed by atoms with Crippen molar-refractivity contribution in [3.05, 3.63) is 60.1 Å². The van der Waals surface area contributed by atoms with Gasteiger partial charge < -0.3 is 15.1 Å². The van der Waals surface area contributed by atoms with E-state index in [9.17, 15) is 4.79 Å². The monoisotopic (exact) mass is 256 g/mol. The summed E-state index contributed by atoms with van der Waals surface area (Å²) < 4.78 is 5.11. The molecule has 0 aliphatic heterocycles. The van der Waals surface area contributed by atoms with Crippen LogP contribution in [0.2, 0.25) is 0 Å². The fraction of sp³-hybridized carbons (Fsp3) is 0.133. The predicted octanol–water partition coefficient (Wildman–Crippen LogP) is 2.65. The van der Waals surface area contributed by atoms with Crippen LogP contribution in [0.5, 0.6) is 0 Å². The van der Waals surface area contributed by atoms with Crippen molar-refractivity contribution >= 4 is 17.7 Å². The first-order chi connectivity index (χ1) is 9.28. The minimum absolute atomic E-state index is 0.182. The number of furan rings is 1. The second-order valence-corrected chi connectivity index (χ2v) is 4.07. The molecule has 0 spiro atoms. The quantitative estimate of drug-likeness (QED) is 0.809. The molecule has 2 N–H and O–H groups in total. The van der Waals surface area contributed by atoms with Gasteiger partial charge in [0.25, 0.3) is 0 Å². The zero-order chi connectivity index (χ0) is 13.5. The summed E-state index contributed by atoms with van der Waals surface area (Å²) in [6, 6.07) is 11.3. The lowest BCUT2D eigenvalue weighted by atomic mass is 10.2. The molecule has 1 aromatic carbocycles. The fourth-order valence-electron chi connectivity index (χ4n) is 1.69. The lowest BCUT2D eigenvalue weighted by Gasteiger charge is -2.05. The molecule has 0 radical (unpaired) electrons. The third-order valence-electron chi connectivity index (χ3n) is 2.52. The Hall–Kier alpha value is -2.33. The molecule has 2 rings (SSSR count). The molecule has 1 heterocycles. The molecule has 0 unspecified atom stereocenters. The average Bonchev–Trinajstić information content (AvgIpc) is 2.90. The van der Waals surface area contributed by atoms with E-state index in [2.05, 4.69) is 10.6 Å². The number of rotatable bonds is 5. The van der Waals surface area contributed by atoms with E-state index < -0.39 is 0 Å². The molecule has 19 heavy (non-hydrogen) atoms. The molecule has 0 fully saturated rings. The lowest BCUT2D eigenvalue weighted by Crippen LogP contribution is -2.09. The molecule has 0 saturated carbocycles. The summed E-state index contributed by atoms with van der Waals surface area (Å²) in [4.78, 5) is 11.7. The first-order valence-corrected chi connectivity index (χ1v) is 6.04. The van der Waals surface area contributed by atoms with Crippen LogP contribution in [0.1, 0.15) is 11.3 Å². The van der Waals surface area contributed by atoms with Gasteiger partial charge in [0.2, 0.25) is 5.91 Å². The highest BCUT2D eigenvalue weighted by atomic mass is 16.3. The van der Waals surface area contributed by atoms with Gasteiger partial charge in [-0.3, -0.25) is 4.79 Å². The van der Waals surface area contributed by atoms with Crippen LogP contribution in [-0.2, 0) is 11.3 Å². The minimum atomic E-state index is -0.182. The maximum Gasteiger partial charge on any atom is 0.248 e. The Morgan fingerprint density at radius 2 is 2.21 bits per heavy atom. The van der Waals surface area contributed by atoms with Gasteiger partial charge in [0.1, 0.15) is 5.76 Å². The SMILES string of the molecule is CNCc1cccc(NC(=O)/C=C/c2ccco2)c1. The summed E-state index contributed by atoms with van der Waals surface area (Å²) >= 11 is 0. The molecule has 1 aromatic heterocycles. The van der Waals surface area contributed by atoms with Gasteiger partial charge in [-0.15, -0.1) is 0 Å². The molecule has 4 nitrogen and oxygen atoms in total. The van der Waals surface area contributed by atoms with Crippen molar-refractivity contribution < 1.29 is 9.21 Å². The first-order valence-electron chi connectivity index (χ1n) is 6.04. The molecule has 1 amide bonds. The van der Waals surface area contributed by atoms with Gasteiger partial charge in [0.15, 0.2) is 0 Å². The van der Waals surface area contributed by atoms with E-state index in [0.29, 0.717) is 5.76 Å². The Labute approximate surface area is 112 Å².